The van der Waals surface area contributed by atoms with Crippen molar-refractivity contribution in [3.63, 3.8) is 0 Å². The molecule has 0 aliphatic carbocycles. The van der Waals surface area contributed by atoms with Crippen molar-refractivity contribution in [3.05, 3.63) is 21.0 Å². The van der Waals surface area contributed by atoms with Gasteiger partial charge in [-0.3, -0.25) is 4.79 Å². The molecule has 21 heavy (non-hydrogen) atoms. The molecule has 1 aromatic heterocycles. The lowest BCUT2D eigenvalue weighted by molar-refractivity contribution is 0.366. The van der Waals surface area contributed by atoms with Crippen LogP contribution in [0.4, 0.5) is 5.69 Å². The molecule has 0 spiro atoms. The topological polar surface area (TPSA) is 76.2 Å². The van der Waals surface area contributed by atoms with Gasteiger partial charge in [-0.1, -0.05) is 13.8 Å². The molecule has 0 aliphatic heterocycles. The molecular formula is C14H26BrN5O. The molecule has 0 bridgehead atoms. The Balaban J connectivity index is 3.02. The highest BCUT2D eigenvalue weighted by molar-refractivity contribution is 9.10. The fraction of sp³-hybridized carbons (Fsp3) is 0.714. The van der Waals surface area contributed by atoms with Crippen molar-refractivity contribution < 1.29 is 0 Å². The van der Waals surface area contributed by atoms with E-state index < -0.39 is 0 Å². The van der Waals surface area contributed by atoms with Crippen LogP contribution in [0.1, 0.15) is 20.8 Å². The Kier molecular flexibility index (Phi) is 6.37. The molecule has 0 saturated carbocycles. The Morgan fingerprint density at radius 1 is 1.52 bits per heavy atom. The Hall–Kier alpha value is -0.920. The molecule has 0 aliphatic rings. The normalized spacial score (nSPS) is 14.5. The van der Waals surface area contributed by atoms with Gasteiger partial charge in [-0.2, -0.15) is 5.10 Å². The maximum Gasteiger partial charge on any atom is 0.283 e. The van der Waals surface area contributed by atoms with E-state index in [4.69, 9.17) is 5.73 Å². The minimum Gasteiger partial charge on any atom is -0.376 e. The van der Waals surface area contributed by atoms with E-state index in [-0.39, 0.29) is 11.1 Å². The highest BCUT2D eigenvalue weighted by Gasteiger charge is 2.27. The standard InChI is InChI=1S/C14H26BrN5O/c1-10(2)14(3,9-16)18-11-8-17-20(7-6-19(4)5)13(21)12(11)15/h8,10,18H,6-7,9,16H2,1-5H3. The molecule has 1 unspecified atom stereocenters. The van der Waals surface area contributed by atoms with Gasteiger partial charge >= 0.3 is 0 Å². The van der Waals surface area contributed by atoms with Crippen LogP contribution in [-0.2, 0) is 6.54 Å². The van der Waals surface area contributed by atoms with Gasteiger partial charge in [0.1, 0.15) is 4.47 Å². The Morgan fingerprint density at radius 2 is 2.14 bits per heavy atom. The number of aromatic nitrogens is 2. The summed E-state index contributed by atoms with van der Waals surface area (Å²) in [5.41, 5.74) is 6.13. The lowest BCUT2D eigenvalue weighted by Crippen LogP contribution is -2.47. The highest BCUT2D eigenvalue weighted by atomic mass is 79.9. The second kappa shape index (κ2) is 7.38. The summed E-state index contributed by atoms with van der Waals surface area (Å²) in [4.78, 5) is 14.3. The van der Waals surface area contributed by atoms with E-state index in [2.05, 4.69) is 40.2 Å². The predicted molar refractivity (Wildman–Crippen MR) is 90.7 cm³/mol. The van der Waals surface area contributed by atoms with Crippen LogP contribution in [0.5, 0.6) is 0 Å². The van der Waals surface area contributed by atoms with Crippen LogP contribution in [0.3, 0.4) is 0 Å². The molecule has 1 rings (SSSR count). The predicted octanol–water partition coefficient (Wildman–Crippen LogP) is 1.35. The molecule has 1 atom stereocenters. The number of nitrogens with zero attached hydrogens (tertiary/aromatic N) is 3. The zero-order valence-corrected chi connectivity index (χ0v) is 15.1. The molecule has 0 amide bonds. The Labute approximate surface area is 134 Å². The summed E-state index contributed by atoms with van der Waals surface area (Å²) in [6.07, 6.45) is 1.68. The molecule has 0 fully saturated rings. The molecule has 0 radical (unpaired) electrons. The smallest absolute Gasteiger partial charge is 0.283 e. The van der Waals surface area contributed by atoms with E-state index in [0.717, 1.165) is 6.54 Å². The van der Waals surface area contributed by atoms with Crippen LogP contribution in [0.2, 0.25) is 0 Å². The zero-order valence-electron chi connectivity index (χ0n) is 13.5. The van der Waals surface area contributed by atoms with Crippen LogP contribution >= 0.6 is 15.9 Å². The molecular weight excluding hydrogens is 334 g/mol. The minimum atomic E-state index is -0.285. The van der Waals surface area contributed by atoms with Crippen LogP contribution in [0.25, 0.3) is 0 Å². The largest absolute Gasteiger partial charge is 0.376 e. The van der Waals surface area contributed by atoms with Crippen molar-refractivity contribution in [1.82, 2.24) is 14.7 Å². The quantitative estimate of drug-likeness (QED) is 0.768. The van der Waals surface area contributed by atoms with Crippen molar-refractivity contribution >= 4 is 21.6 Å². The summed E-state index contributed by atoms with van der Waals surface area (Å²) in [5.74, 6) is 0.325. The first-order chi connectivity index (χ1) is 9.71. The molecule has 1 heterocycles. The maximum absolute atomic E-state index is 12.3. The van der Waals surface area contributed by atoms with Gasteiger partial charge < -0.3 is 16.0 Å². The first kappa shape index (κ1) is 18.1. The summed E-state index contributed by atoms with van der Waals surface area (Å²) in [6, 6.07) is 0. The summed E-state index contributed by atoms with van der Waals surface area (Å²) in [7, 11) is 3.93. The third kappa shape index (κ3) is 4.52. The average Bonchev–Trinajstić information content (AvgIpc) is 2.42. The lowest BCUT2D eigenvalue weighted by Gasteiger charge is -2.34. The second-order valence-electron chi connectivity index (χ2n) is 6.11. The minimum absolute atomic E-state index is 0.134. The molecule has 1 aromatic rings. The van der Waals surface area contributed by atoms with Gasteiger partial charge in [0.15, 0.2) is 0 Å². The van der Waals surface area contributed by atoms with Crippen molar-refractivity contribution in [2.75, 3.05) is 32.5 Å². The molecule has 0 aromatic carbocycles. The monoisotopic (exact) mass is 359 g/mol. The SMILES string of the molecule is CC(C)C(C)(CN)Nc1cnn(CCN(C)C)c(=O)c1Br. The van der Waals surface area contributed by atoms with Crippen molar-refractivity contribution in [1.29, 1.82) is 0 Å². The third-order valence-corrected chi connectivity index (χ3v) is 4.63. The van der Waals surface area contributed by atoms with Gasteiger partial charge in [0.2, 0.25) is 0 Å². The van der Waals surface area contributed by atoms with E-state index in [1.54, 1.807) is 6.20 Å². The van der Waals surface area contributed by atoms with Crippen LogP contribution < -0.4 is 16.6 Å². The molecule has 120 valence electrons. The van der Waals surface area contributed by atoms with E-state index in [1.807, 2.05) is 25.9 Å². The van der Waals surface area contributed by atoms with Gasteiger partial charge in [0.25, 0.3) is 5.56 Å². The van der Waals surface area contributed by atoms with E-state index in [9.17, 15) is 4.79 Å². The lowest BCUT2D eigenvalue weighted by atomic mass is 9.88. The first-order valence-electron chi connectivity index (χ1n) is 7.10. The molecule has 7 heteroatoms. The van der Waals surface area contributed by atoms with Gasteiger partial charge in [0.05, 0.1) is 18.4 Å². The van der Waals surface area contributed by atoms with Gasteiger partial charge in [-0.05, 0) is 42.9 Å². The van der Waals surface area contributed by atoms with Gasteiger partial charge in [-0.15, -0.1) is 0 Å². The number of nitrogens with one attached hydrogen (secondary N) is 1. The van der Waals surface area contributed by atoms with Crippen LogP contribution in [0, 0.1) is 5.92 Å². The van der Waals surface area contributed by atoms with Crippen LogP contribution in [-0.4, -0.2) is 47.4 Å². The molecule has 0 saturated heterocycles. The molecule has 3 N–H and O–H groups in total. The van der Waals surface area contributed by atoms with Crippen molar-refractivity contribution in [3.8, 4) is 0 Å². The molecule has 6 nitrogen and oxygen atoms in total. The number of hydrogen-bond donors (Lipinski definition) is 2. The second-order valence-corrected chi connectivity index (χ2v) is 6.90. The summed E-state index contributed by atoms with van der Waals surface area (Å²) in [6.45, 7) is 8.03. The zero-order chi connectivity index (χ0) is 16.2. The average molecular weight is 360 g/mol. The Morgan fingerprint density at radius 3 is 2.62 bits per heavy atom. The number of hydrogen-bond acceptors (Lipinski definition) is 5. The fourth-order valence-electron chi connectivity index (χ4n) is 1.74. The summed E-state index contributed by atoms with van der Waals surface area (Å²) < 4.78 is 1.96. The van der Waals surface area contributed by atoms with Gasteiger partial charge in [-0.25, -0.2) is 4.68 Å². The maximum atomic E-state index is 12.3. The highest BCUT2D eigenvalue weighted by Crippen LogP contribution is 2.25. The number of nitrogens with two attached hydrogens (primary N) is 1. The fourth-order valence-corrected chi connectivity index (χ4v) is 2.15. The van der Waals surface area contributed by atoms with Crippen LogP contribution in [0.15, 0.2) is 15.5 Å². The summed E-state index contributed by atoms with van der Waals surface area (Å²) in [5, 5.41) is 7.58. The van der Waals surface area contributed by atoms with E-state index in [1.165, 1.54) is 4.68 Å². The number of rotatable bonds is 7. The van der Waals surface area contributed by atoms with Crippen molar-refractivity contribution in [2.45, 2.75) is 32.9 Å². The van der Waals surface area contributed by atoms with Crippen molar-refractivity contribution in [2.24, 2.45) is 11.7 Å². The van der Waals surface area contributed by atoms with E-state index in [0.29, 0.717) is 29.2 Å². The summed E-state index contributed by atoms with van der Waals surface area (Å²) >= 11 is 3.38. The van der Waals surface area contributed by atoms with E-state index >= 15 is 0 Å². The first-order valence-corrected chi connectivity index (χ1v) is 7.89. The Bertz CT molecular complexity index is 529. The third-order valence-electron chi connectivity index (χ3n) is 3.86. The number of anilines is 1. The van der Waals surface area contributed by atoms with Gasteiger partial charge in [0, 0.05) is 18.6 Å². The number of halogens is 1. The number of likely N-dealkylation sites (N-methyl/N-ethyl adjacent to an activating group) is 1.